The van der Waals surface area contributed by atoms with Gasteiger partial charge in [-0.15, -0.1) is 0 Å². The number of unbranched alkanes of at least 4 members (excludes halogenated alkanes) is 1. The van der Waals surface area contributed by atoms with Crippen LogP contribution in [0.2, 0.25) is 0 Å². The van der Waals surface area contributed by atoms with E-state index < -0.39 is 34.8 Å². The maximum Gasteiger partial charge on any atom is 0.206 e. The van der Waals surface area contributed by atoms with Gasteiger partial charge < -0.3 is 14.2 Å². The Balaban J connectivity index is 1.86. The number of carbonyl (C=O) groups excluding carboxylic acids is 1. The van der Waals surface area contributed by atoms with E-state index in [4.69, 9.17) is 14.2 Å². The quantitative estimate of drug-likeness (QED) is 0.197. The van der Waals surface area contributed by atoms with E-state index in [2.05, 4.69) is 0 Å². The van der Waals surface area contributed by atoms with Gasteiger partial charge in [0.1, 0.15) is 0 Å². The fourth-order valence-corrected chi connectivity index (χ4v) is 2.28. The van der Waals surface area contributed by atoms with Crippen LogP contribution >= 0.6 is 0 Å². The van der Waals surface area contributed by atoms with Gasteiger partial charge >= 0.3 is 0 Å². The first-order chi connectivity index (χ1) is 13.3. The molecule has 0 N–H and O–H groups in total. The molecule has 0 atom stereocenters. The van der Waals surface area contributed by atoms with Gasteiger partial charge in [-0.3, -0.25) is 4.79 Å². The molecule has 2 rings (SSSR count). The lowest BCUT2D eigenvalue weighted by molar-refractivity contribution is 0.101. The number of Topliss-reactive ketones (excluding diaryl/α,β-unsaturated/α-hetero) is 1. The van der Waals surface area contributed by atoms with Gasteiger partial charge in [0.25, 0.3) is 0 Å². The van der Waals surface area contributed by atoms with E-state index in [1.54, 1.807) is 12.1 Å². The molecule has 0 aliphatic heterocycles. The summed E-state index contributed by atoms with van der Waals surface area (Å²) in [6.07, 6.45) is 0.598. The number of rotatable bonds is 9. The SMILES string of the molecule is COc1cc(C(C)=O)ccc1OCCCCOc1c(F)c(F)c(F)c(F)c1F. The standard InChI is InChI=1S/C19H17F5O4/c1-10(25)11-5-6-12(13(9-11)26-2)27-7-3-4-8-28-19-17(23)15(21)14(20)16(22)18(19)24/h5-6,9H,3-4,7-8H2,1-2H3. The first kappa shape index (κ1) is 21.5. The Bertz CT molecular complexity index is 841. The van der Waals surface area contributed by atoms with E-state index in [9.17, 15) is 26.7 Å². The molecule has 0 saturated heterocycles. The fraction of sp³-hybridized carbons (Fsp3) is 0.316. The van der Waals surface area contributed by atoms with Crippen molar-refractivity contribution in [2.75, 3.05) is 20.3 Å². The van der Waals surface area contributed by atoms with E-state index >= 15 is 0 Å². The van der Waals surface area contributed by atoms with Gasteiger partial charge in [-0.1, -0.05) is 0 Å². The number of hydrogen-bond donors (Lipinski definition) is 0. The zero-order chi connectivity index (χ0) is 20.8. The van der Waals surface area contributed by atoms with Crippen LogP contribution in [0.5, 0.6) is 17.2 Å². The molecule has 0 aliphatic rings. The highest BCUT2D eigenvalue weighted by molar-refractivity contribution is 5.94. The number of hydrogen-bond acceptors (Lipinski definition) is 4. The molecule has 0 amide bonds. The predicted octanol–water partition coefficient (Wildman–Crippen LogP) is 4.83. The minimum absolute atomic E-state index is 0.130. The van der Waals surface area contributed by atoms with Crippen molar-refractivity contribution >= 4 is 5.78 Å². The highest BCUT2D eigenvalue weighted by Gasteiger charge is 2.26. The second kappa shape index (κ2) is 9.38. The molecule has 0 radical (unpaired) electrons. The van der Waals surface area contributed by atoms with Gasteiger partial charge in [-0.25, -0.2) is 13.2 Å². The lowest BCUT2D eigenvalue weighted by Crippen LogP contribution is -2.09. The molecular formula is C19H17F5O4. The number of carbonyl (C=O) groups is 1. The molecule has 28 heavy (non-hydrogen) atoms. The monoisotopic (exact) mass is 404 g/mol. The molecule has 0 unspecified atom stereocenters. The van der Waals surface area contributed by atoms with Crippen molar-refractivity contribution in [3.05, 3.63) is 52.8 Å². The van der Waals surface area contributed by atoms with Crippen LogP contribution < -0.4 is 14.2 Å². The summed E-state index contributed by atoms with van der Waals surface area (Å²) in [6.45, 7) is 1.32. The van der Waals surface area contributed by atoms with E-state index in [1.807, 2.05) is 0 Å². The van der Waals surface area contributed by atoms with Crippen molar-refractivity contribution < 1.29 is 41.0 Å². The molecule has 2 aromatic rings. The third kappa shape index (κ3) is 4.71. The van der Waals surface area contributed by atoms with E-state index in [-0.39, 0.29) is 25.4 Å². The van der Waals surface area contributed by atoms with Crippen LogP contribution in [0.4, 0.5) is 22.0 Å². The summed E-state index contributed by atoms with van der Waals surface area (Å²) in [5.41, 5.74) is 0.459. The van der Waals surface area contributed by atoms with Crippen molar-refractivity contribution in [3.8, 4) is 17.2 Å². The van der Waals surface area contributed by atoms with Crippen LogP contribution in [-0.4, -0.2) is 26.1 Å². The van der Waals surface area contributed by atoms with Crippen LogP contribution in [0.15, 0.2) is 18.2 Å². The predicted molar refractivity (Wildman–Crippen MR) is 89.5 cm³/mol. The smallest absolute Gasteiger partial charge is 0.206 e. The fourth-order valence-electron chi connectivity index (χ4n) is 2.28. The van der Waals surface area contributed by atoms with Gasteiger partial charge in [0, 0.05) is 5.56 Å². The lowest BCUT2D eigenvalue weighted by Gasteiger charge is -2.12. The molecule has 0 spiro atoms. The average Bonchev–Trinajstić information content (AvgIpc) is 2.69. The topological polar surface area (TPSA) is 44.8 Å². The Morgan fingerprint density at radius 3 is 1.89 bits per heavy atom. The number of ketones is 1. The Kier molecular flexibility index (Phi) is 7.19. The van der Waals surface area contributed by atoms with Gasteiger partial charge in [-0.05, 0) is 38.0 Å². The summed E-state index contributed by atoms with van der Waals surface area (Å²) in [4.78, 5) is 11.4. The minimum Gasteiger partial charge on any atom is -0.493 e. The van der Waals surface area contributed by atoms with Gasteiger partial charge in [0.05, 0.1) is 20.3 Å². The van der Waals surface area contributed by atoms with Gasteiger partial charge in [-0.2, -0.15) is 8.78 Å². The van der Waals surface area contributed by atoms with Gasteiger partial charge in [0.2, 0.25) is 29.1 Å². The molecule has 0 aromatic heterocycles. The minimum atomic E-state index is -2.24. The van der Waals surface area contributed by atoms with Crippen LogP contribution in [0, 0.1) is 29.1 Å². The molecule has 4 nitrogen and oxygen atoms in total. The summed E-state index contributed by atoms with van der Waals surface area (Å²) >= 11 is 0. The summed E-state index contributed by atoms with van der Waals surface area (Å²) in [5.74, 6) is -11.0. The molecule has 0 aliphatic carbocycles. The summed E-state index contributed by atoms with van der Waals surface area (Å²) < 4.78 is 81.4. The van der Waals surface area contributed by atoms with Crippen LogP contribution in [0.3, 0.4) is 0 Å². The second-order valence-electron chi connectivity index (χ2n) is 5.72. The van der Waals surface area contributed by atoms with Crippen LogP contribution in [0.25, 0.3) is 0 Å². The first-order valence-corrected chi connectivity index (χ1v) is 8.24. The van der Waals surface area contributed by atoms with E-state index in [0.717, 1.165) is 0 Å². The maximum atomic E-state index is 13.5. The number of methoxy groups -OCH3 is 1. The Hall–Kier alpha value is -2.84. The summed E-state index contributed by atoms with van der Waals surface area (Å²) in [7, 11) is 1.42. The molecule has 0 saturated carbocycles. The van der Waals surface area contributed by atoms with Crippen LogP contribution in [0.1, 0.15) is 30.1 Å². The van der Waals surface area contributed by atoms with Crippen molar-refractivity contribution in [2.24, 2.45) is 0 Å². The van der Waals surface area contributed by atoms with Crippen molar-refractivity contribution in [3.63, 3.8) is 0 Å². The number of benzene rings is 2. The highest BCUT2D eigenvalue weighted by Crippen LogP contribution is 2.30. The zero-order valence-corrected chi connectivity index (χ0v) is 15.1. The summed E-state index contributed by atoms with van der Waals surface area (Å²) in [5, 5.41) is 0. The third-order valence-electron chi connectivity index (χ3n) is 3.78. The van der Waals surface area contributed by atoms with E-state index in [1.165, 1.54) is 20.1 Å². The van der Waals surface area contributed by atoms with Crippen molar-refractivity contribution in [1.29, 1.82) is 0 Å². The first-order valence-electron chi connectivity index (χ1n) is 8.24. The summed E-state index contributed by atoms with van der Waals surface area (Å²) in [6, 6.07) is 4.68. The maximum absolute atomic E-state index is 13.5. The van der Waals surface area contributed by atoms with Crippen molar-refractivity contribution in [2.45, 2.75) is 19.8 Å². The molecule has 0 bridgehead atoms. The molecule has 152 valence electrons. The zero-order valence-electron chi connectivity index (χ0n) is 15.1. The average molecular weight is 404 g/mol. The second-order valence-corrected chi connectivity index (χ2v) is 5.72. The van der Waals surface area contributed by atoms with Crippen molar-refractivity contribution in [1.82, 2.24) is 0 Å². The molecule has 2 aromatic carbocycles. The normalized spacial score (nSPS) is 10.7. The van der Waals surface area contributed by atoms with Crippen LogP contribution in [-0.2, 0) is 0 Å². The lowest BCUT2D eigenvalue weighted by atomic mass is 10.1. The van der Waals surface area contributed by atoms with Gasteiger partial charge in [0.15, 0.2) is 23.0 Å². The molecular weight excluding hydrogens is 387 g/mol. The third-order valence-corrected chi connectivity index (χ3v) is 3.78. The highest BCUT2D eigenvalue weighted by atomic mass is 19.2. The molecule has 9 heteroatoms. The molecule has 0 fully saturated rings. The Morgan fingerprint density at radius 2 is 1.36 bits per heavy atom. The number of ether oxygens (including phenoxy) is 3. The number of halogens is 5. The molecule has 0 heterocycles. The Labute approximate surface area is 157 Å². The largest absolute Gasteiger partial charge is 0.493 e. The Morgan fingerprint density at radius 1 is 0.821 bits per heavy atom. The van der Waals surface area contributed by atoms with E-state index in [0.29, 0.717) is 23.5 Å².